The van der Waals surface area contributed by atoms with Crippen molar-refractivity contribution in [2.24, 2.45) is 0 Å². The summed E-state index contributed by atoms with van der Waals surface area (Å²) >= 11 is 0. The first-order chi connectivity index (χ1) is 10.2. The van der Waals surface area contributed by atoms with Gasteiger partial charge in [0.2, 0.25) is 0 Å². The van der Waals surface area contributed by atoms with Gasteiger partial charge in [-0.15, -0.1) is 0 Å². The molecule has 3 rings (SSSR count). The molecule has 1 aliphatic rings. The molecule has 1 fully saturated rings. The van der Waals surface area contributed by atoms with Gasteiger partial charge in [0.1, 0.15) is 11.6 Å². The van der Waals surface area contributed by atoms with Crippen molar-refractivity contribution in [3.8, 4) is 0 Å². The summed E-state index contributed by atoms with van der Waals surface area (Å²) in [6.07, 6.45) is 1.65. The van der Waals surface area contributed by atoms with E-state index in [1.54, 1.807) is 25.3 Å². The Morgan fingerprint density at radius 3 is 2.67 bits per heavy atom. The highest BCUT2D eigenvalue weighted by molar-refractivity contribution is 6.02. The van der Waals surface area contributed by atoms with Crippen LogP contribution in [0.1, 0.15) is 16.3 Å². The summed E-state index contributed by atoms with van der Waals surface area (Å²) < 4.78 is 10.6. The van der Waals surface area contributed by atoms with E-state index in [1.165, 1.54) is 0 Å². The van der Waals surface area contributed by atoms with Gasteiger partial charge in [-0.2, -0.15) is 0 Å². The second-order valence-electron chi connectivity index (χ2n) is 4.87. The van der Waals surface area contributed by atoms with Gasteiger partial charge in [-0.05, 0) is 31.2 Å². The van der Waals surface area contributed by atoms with Gasteiger partial charge in [-0.1, -0.05) is 0 Å². The average molecular weight is 287 g/mol. The van der Waals surface area contributed by atoms with Crippen LogP contribution in [0.5, 0.6) is 0 Å². The molecule has 110 valence electrons. The molecule has 6 heteroatoms. The monoisotopic (exact) mass is 287 g/mol. The van der Waals surface area contributed by atoms with Crippen LogP contribution in [0.3, 0.4) is 0 Å². The third-order valence-corrected chi connectivity index (χ3v) is 3.30. The van der Waals surface area contributed by atoms with Crippen LogP contribution < -0.4 is 10.2 Å². The lowest BCUT2D eigenvalue weighted by atomic mass is 10.3. The molecule has 0 aliphatic carbocycles. The van der Waals surface area contributed by atoms with Crippen molar-refractivity contribution in [2.45, 2.75) is 6.92 Å². The fourth-order valence-electron chi connectivity index (χ4n) is 2.19. The van der Waals surface area contributed by atoms with E-state index < -0.39 is 0 Å². The summed E-state index contributed by atoms with van der Waals surface area (Å²) in [5.74, 6) is 1.62. The molecule has 3 heterocycles. The number of carbonyl (C=O) groups is 1. The summed E-state index contributed by atoms with van der Waals surface area (Å²) in [4.78, 5) is 18.5. The molecule has 0 atom stereocenters. The molecular formula is C15H17N3O3. The number of carbonyl (C=O) groups excluding carboxylic acids is 1. The Bertz CT molecular complexity index is 615. The number of amides is 1. The largest absolute Gasteiger partial charge is 0.456 e. The number of hydrogen-bond acceptors (Lipinski definition) is 5. The predicted molar refractivity (Wildman–Crippen MR) is 78.7 cm³/mol. The maximum atomic E-state index is 12.0. The van der Waals surface area contributed by atoms with Gasteiger partial charge >= 0.3 is 0 Å². The Balaban J connectivity index is 1.65. The van der Waals surface area contributed by atoms with Crippen LogP contribution in [0.4, 0.5) is 11.5 Å². The zero-order valence-electron chi connectivity index (χ0n) is 11.8. The molecule has 2 aromatic heterocycles. The van der Waals surface area contributed by atoms with Crippen LogP contribution in [0.25, 0.3) is 0 Å². The van der Waals surface area contributed by atoms with E-state index >= 15 is 0 Å². The Labute approximate surface area is 122 Å². The molecule has 0 aromatic carbocycles. The minimum Gasteiger partial charge on any atom is -0.456 e. The second-order valence-corrected chi connectivity index (χ2v) is 4.87. The van der Waals surface area contributed by atoms with Crippen molar-refractivity contribution < 1.29 is 13.9 Å². The predicted octanol–water partition coefficient (Wildman–Crippen LogP) is 2.07. The molecule has 1 N–H and O–H groups in total. The number of aromatic nitrogens is 1. The molecule has 1 amide bonds. The fraction of sp³-hybridized carbons (Fsp3) is 0.333. The Morgan fingerprint density at radius 1 is 1.24 bits per heavy atom. The normalized spacial score (nSPS) is 15.0. The summed E-state index contributed by atoms with van der Waals surface area (Å²) in [5, 5.41) is 2.76. The summed E-state index contributed by atoms with van der Waals surface area (Å²) in [5.41, 5.74) is 0.645. The van der Waals surface area contributed by atoms with Gasteiger partial charge in [0.15, 0.2) is 5.76 Å². The van der Waals surface area contributed by atoms with Crippen molar-refractivity contribution in [3.63, 3.8) is 0 Å². The van der Waals surface area contributed by atoms with Crippen molar-refractivity contribution in [1.82, 2.24) is 4.98 Å². The van der Waals surface area contributed by atoms with Gasteiger partial charge in [-0.25, -0.2) is 4.98 Å². The molecule has 0 unspecified atom stereocenters. The van der Waals surface area contributed by atoms with E-state index in [0.29, 0.717) is 17.2 Å². The standard InChI is InChI=1S/C15H17N3O3/c1-11-2-4-13(21-11)15(19)17-12-3-5-14(16-10-12)18-6-8-20-9-7-18/h2-5,10H,6-9H2,1H3,(H,17,19). The number of hydrogen-bond donors (Lipinski definition) is 1. The highest BCUT2D eigenvalue weighted by Crippen LogP contribution is 2.16. The van der Waals surface area contributed by atoms with E-state index in [0.717, 1.165) is 32.1 Å². The Kier molecular flexibility index (Phi) is 3.87. The molecule has 1 saturated heterocycles. The molecule has 0 bridgehead atoms. The van der Waals surface area contributed by atoms with E-state index in [1.807, 2.05) is 12.1 Å². The Hall–Kier alpha value is -2.34. The first-order valence-corrected chi connectivity index (χ1v) is 6.89. The van der Waals surface area contributed by atoms with Crippen LogP contribution in [0, 0.1) is 6.92 Å². The van der Waals surface area contributed by atoms with Crippen LogP contribution >= 0.6 is 0 Å². The highest BCUT2D eigenvalue weighted by Gasteiger charge is 2.13. The van der Waals surface area contributed by atoms with Gasteiger partial charge in [0.05, 0.1) is 25.1 Å². The topological polar surface area (TPSA) is 67.6 Å². The fourth-order valence-corrected chi connectivity index (χ4v) is 2.19. The SMILES string of the molecule is Cc1ccc(C(=O)Nc2ccc(N3CCOCC3)nc2)o1. The van der Waals surface area contributed by atoms with Gasteiger partial charge < -0.3 is 19.4 Å². The first-order valence-electron chi connectivity index (χ1n) is 6.89. The van der Waals surface area contributed by atoms with Crippen LogP contribution in [-0.2, 0) is 4.74 Å². The van der Waals surface area contributed by atoms with E-state index in [2.05, 4.69) is 15.2 Å². The number of nitrogens with one attached hydrogen (secondary N) is 1. The highest BCUT2D eigenvalue weighted by atomic mass is 16.5. The smallest absolute Gasteiger partial charge is 0.291 e. The lowest BCUT2D eigenvalue weighted by molar-refractivity contribution is 0.0995. The van der Waals surface area contributed by atoms with E-state index in [4.69, 9.17) is 9.15 Å². The quantitative estimate of drug-likeness (QED) is 0.936. The molecule has 0 radical (unpaired) electrons. The third kappa shape index (κ3) is 3.22. The number of nitrogens with zero attached hydrogens (tertiary/aromatic N) is 2. The summed E-state index contributed by atoms with van der Waals surface area (Å²) in [7, 11) is 0. The lowest BCUT2D eigenvalue weighted by Gasteiger charge is -2.27. The number of rotatable bonds is 3. The average Bonchev–Trinajstić information content (AvgIpc) is 2.96. The van der Waals surface area contributed by atoms with Crippen molar-refractivity contribution in [3.05, 3.63) is 42.0 Å². The van der Waals surface area contributed by atoms with Gasteiger partial charge in [-0.3, -0.25) is 4.79 Å². The van der Waals surface area contributed by atoms with Crippen molar-refractivity contribution in [1.29, 1.82) is 0 Å². The number of aryl methyl sites for hydroxylation is 1. The summed E-state index contributed by atoms with van der Waals surface area (Å²) in [6, 6.07) is 7.15. The van der Waals surface area contributed by atoms with Crippen LogP contribution in [0.2, 0.25) is 0 Å². The molecule has 1 aliphatic heterocycles. The number of ether oxygens (including phenoxy) is 1. The molecule has 0 spiro atoms. The van der Waals surface area contributed by atoms with Crippen molar-refractivity contribution in [2.75, 3.05) is 36.5 Å². The van der Waals surface area contributed by atoms with E-state index in [-0.39, 0.29) is 5.91 Å². The van der Waals surface area contributed by atoms with Crippen LogP contribution in [-0.4, -0.2) is 37.2 Å². The van der Waals surface area contributed by atoms with E-state index in [9.17, 15) is 4.79 Å². The number of pyridine rings is 1. The minimum absolute atomic E-state index is 0.274. The minimum atomic E-state index is -0.274. The van der Waals surface area contributed by atoms with Gasteiger partial charge in [0.25, 0.3) is 5.91 Å². The molecular weight excluding hydrogens is 270 g/mol. The molecule has 21 heavy (non-hydrogen) atoms. The molecule has 6 nitrogen and oxygen atoms in total. The molecule has 0 saturated carbocycles. The zero-order chi connectivity index (χ0) is 14.7. The Morgan fingerprint density at radius 2 is 2.05 bits per heavy atom. The van der Waals surface area contributed by atoms with Crippen LogP contribution in [0.15, 0.2) is 34.9 Å². The maximum Gasteiger partial charge on any atom is 0.291 e. The molecule has 2 aromatic rings. The van der Waals surface area contributed by atoms with Crippen molar-refractivity contribution >= 4 is 17.4 Å². The number of furan rings is 1. The number of morpholine rings is 1. The first kappa shape index (κ1) is 13.6. The third-order valence-electron chi connectivity index (χ3n) is 3.30. The van der Waals surface area contributed by atoms with Gasteiger partial charge in [0, 0.05) is 13.1 Å². The lowest BCUT2D eigenvalue weighted by Crippen LogP contribution is -2.36. The maximum absolute atomic E-state index is 12.0. The number of anilines is 2. The second kappa shape index (κ2) is 5.97. The summed E-state index contributed by atoms with van der Waals surface area (Å²) in [6.45, 7) is 4.92. The zero-order valence-corrected chi connectivity index (χ0v) is 11.8.